The van der Waals surface area contributed by atoms with E-state index in [1.165, 1.54) is 5.57 Å². The highest BCUT2D eigenvalue weighted by Gasteiger charge is 2.29. The van der Waals surface area contributed by atoms with Crippen LogP contribution in [0.15, 0.2) is 42.1 Å². The van der Waals surface area contributed by atoms with E-state index in [1.807, 2.05) is 18.2 Å². The van der Waals surface area contributed by atoms with Gasteiger partial charge in [-0.15, -0.1) is 0 Å². The lowest BCUT2D eigenvalue weighted by Gasteiger charge is -2.34. The molecule has 0 heterocycles. The van der Waals surface area contributed by atoms with Gasteiger partial charge < -0.3 is 11.5 Å². The second-order valence-corrected chi connectivity index (χ2v) is 6.24. The predicted molar refractivity (Wildman–Crippen MR) is 82.3 cm³/mol. The molecule has 0 aromatic heterocycles. The minimum Gasteiger partial charge on any atom is -0.402 e. The highest BCUT2D eigenvalue weighted by atomic mass is 14.7. The average molecular weight is 256 g/mol. The summed E-state index contributed by atoms with van der Waals surface area (Å²) in [6, 6.07) is 8.13. The Morgan fingerprint density at radius 2 is 2.11 bits per heavy atom. The lowest BCUT2D eigenvalue weighted by molar-refractivity contribution is 0.304. The van der Waals surface area contributed by atoms with Crippen LogP contribution in [-0.2, 0) is 0 Å². The normalized spacial score (nSPS) is 20.2. The zero-order chi connectivity index (χ0) is 14.0. The van der Waals surface area contributed by atoms with Gasteiger partial charge in [0.05, 0.1) is 6.04 Å². The molecule has 1 aromatic carbocycles. The van der Waals surface area contributed by atoms with Gasteiger partial charge in [0.25, 0.3) is 0 Å². The number of rotatable bonds is 3. The zero-order valence-corrected chi connectivity index (χ0v) is 11.9. The Morgan fingerprint density at radius 1 is 1.37 bits per heavy atom. The molecule has 0 spiro atoms. The summed E-state index contributed by atoms with van der Waals surface area (Å²) < 4.78 is 0. The second kappa shape index (κ2) is 5.22. The molecule has 1 aliphatic carbocycles. The Morgan fingerprint density at radius 3 is 2.79 bits per heavy atom. The van der Waals surface area contributed by atoms with Crippen LogP contribution in [0.25, 0.3) is 6.08 Å². The maximum absolute atomic E-state index is 6.43. The first-order valence-electron chi connectivity index (χ1n) is 6.88. The summed E-state index contributed by atoms with van der Waals surface area (Å²) in [5.74, 6) is 0. The molecule has 0 fully saturated rings. The largest absolute Gasteiger partial charge is 0.402 e. The van der Waals surface area contributed by atoms with Crippen LogP contribution < -0.4 is 11.5 Å². The van der Waals surface area contributed by atoms with Crippen LogP contribution >= 0.6 is 0 Å². The third-order valence-corrected chi connectivity index (χ3v) is 4.03. The molecular weight excluding hydrogens is 232 g/mol. The van der Waals surface area contributed by atoms with Gasteiger partial charge in [-0.05, 0) is 47.4 Å². The van der Waals surface area contributed by atoms with Crippen molar-refractivity contribution >= 4 is 6.08 Å². The Bertz CT molecular complexity index is 512. The van der Waals surface area contributed by atoms with Crippen LogP contribution in [0.5, 0.6) is 0 Å². The van der Waals surface area contributed by atoms with E-state index in [-0.39, 0.29) is 6.04 Å². The van der Waals surface area contributed by atoms with Gasteiger partial charge in [0, 0.05) is 5.70 Å². The summed E-state index contributed by atoms with van der Waals surface area (Å²) in [7, 11) is 0. The van der Waals surface area contributed by atoms with Gasteiger partial charge in [-0.1, -0.05) is 44.7 Å². The Kier molecular flexibility index (Phi) is 3.81. The molecule has 0 saturated heterocycles. The van der Waals surface area contributed by atoms with Gasteiger partial charge in [0.15, 0.2) is 0 Å². The van der Waals surface area contributed by atoms with E-state index in [0.717, 1.165) is 36.1 Å². The number of hydrogen-bond acceptors (Lipinski definition) is 2. The first kappa shape index (κ1) is 13.9. The minimum atomic E-state index is -0.0977. The molecule has 1 aliphatic rings. The minimum absolute atomic E-state index is 0.0977. The molecule has 0 saturated carbocycles. The summed E-state index contributed by atoms with van der Waals surface area (Å²) >= 11 is 0. The fourth-order valence-electron chi connectivity index (χ4n) is 2.74. The monoisotopic (exact) mass is 256 g/mol. The first-order valence-corrected chi connectivity index (χ1v) is 6.88. The Hall–Kier alpha value is -1.54. The van der Waals surface area contributed by atoms with Gasteiger partial charge >= 0.3 is 0 Å². The molecule has 0 amide bonds. The van der Waals surface area contributed by atoms with Crippen molar-refractivity contribution in [1.29, 1.82) is 0 Å². The second-order valence-electron chi connectivity index (χ2n) is 6.24. The molecule has 2 heteroatoms. The van der Waals surface area contributed by atoms with Gasteiger partial charge in [-0.2, -0.15) is 0 Å². The van der Waals surface area contributed by atoms with Gasteiger partial charge in [0.2, 0.25) is 0 Å². The molecule has 0 aliphatic heterocycles. The third-order valence-electron chi connectivity index (χ3n) is 4.03. The fourth-order valence-corrected chi connectivity index (χ4v) is 2.74. The summed E-state index contributed by atoms with van der Waals surface area (Å²) in [5.41, 5.74) is 17.3. The predicted octanol–water partition coefficient (Wildman–Crippen LogP) is 3.75. The number of benzene rings is 1. The summed E-state index contributed by atoms with van der Waals surface area (Å²) in [4.78, 5) is 0. The van der Waals surface area contributed by atoms with Gasteiger partial charge in [0.1, 0.15) is 0 Å². The van der Waals surface area contributed by atoms with E-state index in [9.17, 15) is 0 Å². The topological polar surface area (TPSA) is 52.0 Å². The molecular formula is C17H24N2. The van der Waals surface area contributed by atoms with E-state index >= 15 is 0 Å². The van der Waals surface area contributed by atoms with Crippen molar-refractivity contribution in [2.45, 2.75) is 39.2 Å². The van der Waals surface area contributed by atoms with E-state index in [2.05, 4.69) is 32.6 Å². The number of hydrogen-bond donors (Lipinski definition) is 2. The SMILES string of the molecule is C=Cc1cccc(C(N)C2=C(N)CCC(C)(C)C2)c1. The molecule has 1 aromatic rings. The van der Waals surface area contributed by atoms with Crippen molar-refractivity contribution in [3.8, 4) is 0 Å². The molecule has 1 atom stereocenters. The van der Waals surface area contributed by atoms with Crippen LogP contribution in [0.1, 0.15) is 50.3 Å². The summed E-state index contributed by atoms with van der Waals surface area (Å²) in [6.07, 6.45) is 4.93. The lowest BCUT2D eigenvalue weighted by Crippen LogP contribution is -2.27. The van der Waals surface area contributed by atoms with Gasteiger partial charge in [-0.3, -0.25) is 0 Å². The lowest BCUT2D eigenvalue weighted by atomic mass is 9.73. The standard InChI is InChI=1S/C17H24N2/c1-4-12-6-5-7-13(10-12)16(19)14-11-17(2,3)9-8-15(14)18/h4-7,10,16H,1,8-9,11,18-19H2,2-3H3. The number of nitrogens with two attached hydrogens (primary N) is 2. The third kappa shape index (κ3) is 3.07. The molecule has 2 rings (SSSR count). The van der Waals surface area contributed by atoms with Crippen LogP contribution in [-0.4, -0.2) is 0 Å². The van der Waals surface area contributed by atoms with Crippen molar-refractivity contribution in [3.63, 3.8) is 0 Å². The van der Waals surface area contributed by atoms with Crippen LogP contribution in [0, 0.1) is 5.41 Å². The number of allylic oxidation sites excluding steroid dienone is 1. The highest BCUT2D eigenvalue weighted by molar-refractivity contribution is 5.49. The quantitative estimate of drug-likeness (QED) is 0.865. The van der Waals surface area contributed by atoms with E-state index in [4.69, 9.17) is 11.5 Å². The summed E-state index contributed by atoms with van der Waals surface area (Å²) in [6.45, 7) is 8.37. The van der Waals surface area contributed by atoms with E-state index in [1.54, 1.807) is 0 Å². The van der Waals surface area contributed by atoms with Gasteiger partial charge in [-0.25, -0.2) is 0 Å². The maximum Gasteiger partial charge on any atom is 0.0531 e. The molecule has 2 nitrogen and oxygen atoms in total. The van der Waals surface area contributed by atoms with Crippen LogP contribution in [0.4, 0.5) is 0 Å². The average Bonchev–Trinajstić information content (AvgIpc) is 2.41. The molecule has 1 unspecified atom stereocenters. The van der Waals surface area contributed by atoms with E-state index in [0.29, 0.717) is 5.41 Å². The fraction of sp³-hybridized carbons (Fsp3) is 0.412. The zero-order valence-electron chi connectivity index (χ0n) is 11.9. The van der Waals surface area contributed by atoms with Crippen LogP contribution in [0.2, 0.25) is 0 Å². The molecule has 4 N–H and O–H groups in total. The van der Waals surface area contributed by atoms with E-state index < -0.39 is 0 Å². The molecule has 102 valence electrons. The molecule has 19 heavy (non-hydrogen) atoms. The molecule has 0 bridgehead atoms. The summed E-state index contributed by atoms with van der Waals surface area (Å²) in [5, 5.41) is 0. The van der Waals surface area contributed by atoms with Crippen molar-refractivity contribution in [1.82, 2.24) is 0 Å². The maximum atomic E-state index is 6.43. The van der Waals surface area contributed by atoms with Crippen molar-refractivity contribution in [2.24, 2.45) is 16.9 Å². The Balaban J connectivity index is 2.32. The van der Waals surface area contributed by atoms with Crippen LogP contribution in [0.3, 0.4) is 0 Å². The van der Waals surface area contributed by atoms with Crippen molar-refractivity contribution in [3.05, 3.63) is 53.2 Å². The molecule has 0 radical (unpaired) electrons. The van der Waals surface area contributed by atoms with Crippen molar-refractivity contribution in [2.75, 3.05) is 0 Å². The smallest absolute Gasteiger partial charge is 0.0531 e. The van der Waals surface area contributed by atoms with Crippen molar-refractivity contribution < 1.29 is 0 Å². The Labute approximate surface area is 116 Å². The first-order chi connectivity index (χ1) is 8.93. The highest BCUT2D eigenvalue weighted by Crippen LogP contribution is 2.41.